The molecule has 1 rings (SSSR count). The van der Waals surface area contributed by atoms with Crippen LogP contribution in [0, 0.1) is 10.1 Å². The van der Waals surface area contributed by atoms with E-state index < -0.39 is 0 Å². The standard InChI is InChI=1S/C11H14BrNO2/c1-3-9(8(2)12)10-6-4-5-7-11(10)13(14)15/h4-9H,3H2,1-2H3. The molecule has 1 aromatic rings. The van der Waals surface area contributed by atoms with Gasteiger partial charge in [0.05, 0.1) is 4.92 Å². The number of halogens is 1. The van der Waals surface area contributed by atoms with Crippen LogP contribution in [0.2, 0.25) is 0 Å². The number of hydrogen-bond donors (Lipinski definition) is 0. The predicted octanol–water partition coefficient (Wildman–Crippen LogP) is 3.87. The van der Waals surface area contributed by atoms with E-state index in [2.05, 4.69) is 15.9 Å². The van der Waals surface area contributed by atoms with Crippen LogP contribution in [0.25, 0.3) is 0 Å². The summed E-state index contributed by atoms with van der Waals surface area (Å²) >= 11 is 3.50. The molecule has 0 aromatic heterocycles. The number of benzene rings is 1. The summed E-state index contributed by atoms with van der Waals surface area (Å²) in [6.45, 7) is 4.06. The molecule has 0 saturated carbocycles. The minimum absolute atomic E-state index is 0.187. The van der Waals surface area contributed by atoms with Crippen molar-refractivity contribution in [1.29, 1.82) is 0 Å². The average molecular weight is 272 g/mol. The Morgan fingerprint density at radius 3 is 2.53 bits per heavy atom. The molecule has 0 heterocycles. The van der Waals surface area contributed by atoms with Gasteiger partial charge in [0.1, 0.15) is 0 Å². The second-order valence-corrected chi connectivity index (χ2v) is 4.95. The number of para-hydroxylation sites is 1. The van der Waals surface area contributed by atoms with E-state index in [1.807, 2.05) is 26.0 Å². The van der Waals surface area contributed by atoms with E-state index in [9.17, 15) is 10.1 Å². The van der Waals surface area contributed by atoms with Crippen LogP contribution in [0.4, 0.5) is 5.69 Å². The van der Waals surface area contributed by atoms with Crippen molar-refractivity contribution in [3.63, 3.8) is 0 Å². The fourth-order valence-electron chi connectivity index (χ4n) is 1.76. The molecule has 2 atom stereocenters. The number of hydrogen-bond acceptors (Lipinski definition) is 2. The molecule has 0 spiro atoms. The SMILES string of the molecule is CCC(c1ccccc1[N+](=O)[O-])C(C)Br. The highest BCUT2D eigenvalue weighted by molar-refractivity contribution is 9.09. The van der Waals surface area contributed by atoms with E-state index in [-0.39, 0.29) is 21.4 Å². The van der Waals surface area contributed by atoms with Gasteiger partial charge in [-0.2, -0.15) is 0 Å². The summed E-state index contributed by atoms with van der Waals surface area (Å²) in [5.41, 5.74) is 1.03. The van der Waals surface area contributed by atoms with Crippen molar-refractivity contribution >= 4 is 21.6 Å². The minimum atomic E-state index is -0.312. The molecule has 3 nitrogen and oxygen atoms in total. The van der Waals surface area contributed by atoms with Crippen molar-refractivity contribution in [2.45, 2.75) is 31.0 Å². The summed E-state index contributed by atoms with van der Waals surface area (Å²) in [6, 6.07) is 6.95. The Hall–Kier alpha value is -0.900. The van der Waals surface area contributed by atoms with Gasteiger partial charge in [0, 0.05) is 22.4 Å². The Morgan fingerprint density at radius 2 is 2.07 bits per heavy atom. The highest BCUT2D eigenvalue weighted by Gasteiger charge is 2.23. The Balaban J connectivity index is 3.16. The van der Waals surface area contributed by atoms with Crippen molar-refractivity contribution in [2.24, 2.45) is 0 Å². The Kier molecular flexibility index (Phi) is 4.27. The van der Waals surface area contributed by atoms with Crippen LogP contribution in [-0.4, -0.2) is 9.75 Å². The lowest BCUT2D eigenvalue weighted by Crippen LogP contribution is -2.10. The van der Waals surface area contributed by atoms with Crippen LogP contribution in [0.1, 0.15) is 31.7 Å². The Bertz CT molecular complexity index is 352. The quantitative estimate of drug-likeness (QED) is 0.474. The molecule has 15 heavy (non-hydrogen) atoms. The van der Waals surface area contributed by atoms with Gasteiger partial charge in [-0.15, -0.1) is 0 Å². The maximum atomic E-state index is 10.9. The van der Waals surface area contributed by atoms with Gasteiger partial charge in [-0.05, 0) is 6.42 Å². The van der Waals surface area contributed by atoms with Crippen molar-refractivity contribution in [3.05, 3.63) is 39.9 Å². The third kappa shape index (κ3) is 2.78. The van der Waals surface area contributed by atoms with E-state index in [0.29, 0.717) is 0 Å². The fraction of sp³-hybridized carbons (Fsp3) is 0.455. The minimum Gasteiger partial charge on any atom is -0.258 e. The van der Waals surface area contributed by atoms with Gasteiger partial charge in [0.15, 0.2) is 0 Å². The van der Waals surface area contributed by atoms with E-state index in [1.54, 1.807) is 12.1 Å². The number of alkyl halides is 1. The molecule has 0 aliphatic carbocycles. The molecular formula is C11H14BrNO2. The number of rotatable bonds is 4. The van der Waals surface area contributed by atoms with Gasteiger partial charge < -0.3 is 0 Å². The van der Waals surface area contributed by atoms with Crippen LogP contribution in [-0.2, 0) is 0 Å². The first kappa shape index (κ1) is 12.2. The smallest absolute Gasteiger partial charge is 0.258 e. The van der Waals surface area contributed by atoms with Crippen molar-refractivity contribution in [2.75, 3.05) is 0 Å². The number of nitro groups is 1. The van der Waals surface area contributed by atoms with Gasteiger partial charge in [0.2, 0.25) is 0 Å². The second kappa shape index (κ2) is 5.26. The molecule has 0 aliphatic rings. The van der Waals surface area contributed by atoms with Crippen LogP contribution < -0.4 is 0 Å². The first-order chi connectivity index (χ1) is 7.07. The van der Waals surface area contributed by atoms with Gasteiger partial charge in [-0.25, -0.2) is 0 Å². The first-order valence-corrected chi connectivity index (χ1v) is 5.86. The molecule has 0 saturated heterocycles. The summed E-state index contributed by atoms with van der Waals surface area (Å²) in [5, 5.41) is 10.9. The largest absolute Gasteiger partial charge is 0.272 e. The molecule has 1 aromatic carbocycles. The van der Waals surface area contributed by atoms with E-state index in [4.69, 9.17) is 0 Å². The third-order valence-electron chi connectivity index (χ3n) is 2.53. The zero-order valence-corrected chi connectivity index (χ0v) is 10.4. The van der Waals surface area contributed by atoms with Crippen molar-refractivity contribution in [3.8, 4) is 0 Å². The van der Waals surface area contributed by atoms with E-state index in [1.165, 1.54) is 0 Å². The van der Waals surface area contributed by atoms with Crippen LogP contribution in [0.5, 0.6) is 0 Å². The number of nitro benzene ring substituents is 1. The lowest BCUT2D eigenvalue weighted by Gasteiger charge is -2.17. The molecule has 0 N–H and O–H groups in total. The Morgan fingerprint density at radius 1 is 1.47 bits per heavy atom. The van der Waals surface area contributed by atoms with Gasteiger partial charge >= 0.3 is 0 Å². The molecule has 0 bridgehead atoms. The zero-order chi connectivity index (χ0) is 11.4. The highest BCUT2D eigenvalue weighted by atomic mass is 79.9. The third-order valence-corrected chi connectivity index (χ3v) is 3.17. The Labute approximate surface area is 97.8 Å². The molecule has 0 aliphatic heterocycles. The molecule has 0 radical (unpaired) electrons. The molecule has 2 unspecified atom stereocenters. The normalized spacial score (nSPS) is 14.6. The molecule has 82 valence electrons. The molecule has 0 amide bonds. The number of nitrogens with zero attached hydrogens (tertiary/aromatic N) is 1. The van der Waals surface area contributed by atoms with Crippen LogP contribution >= 0.6 is 15.9 Å². The van der Waals surface area contributed by atoms with Crippen molar-refractivity contribution in [1.82, 2.24) is 0 Å². The van der Waals surface area contributed by atoms with E-state index in [0.717, 1.165) is 12.0 Å². The molecule has 0 fully saturated rings. The topological polar surface area (TPSA) is 43.1 Å². The summed E-state index contributed by atoms with van der Waals surface area (Å²) in [4.78, 5) is 10.8. The summed E-state index contributed by atoms with van der Waals surface area (Å²) in [7, 11) is 0. The van der Waals surface area contributed by atoms with Crippen LogP contribution in [0.15, 0.2) is 24.3 Å². The molecular weight excluding hydrogens is 258 g/mol. The second-order valence-electron chi connectivity index (χ2n) is 3.51. The first-order valence-electron chi connectivity index (χ1n) is 4.95. The lowest BCUT2D eigenvalue weighted by molar-refractivity contribution is -0.385. The maximum Gasteiger partial charge on any atom is 0.272 e. The average Bonchev–Trinajstić information content (AvgIpc) is 2.18. The summed E-state index contributed by atoms with van der Waals surface area (Å²) < 4.78 is 0. The van der Waals surface area contributed by atoms with Gasteiger partial charge in [-0.3, -0.25) is 10.1 Å². The van der Waals surface area contributed by atoms with E-state index >= 15 is 0 Å². The van der Waals surface area contributed by atoms with Crippen LogP contribution in [0.3, 0.4) is 0 Å². The zero-order valence-electron chi connectivity index (χ0n) is 8.81. The van der Waals surface area contributed by atoms with Crippen molar-refractivity contribution < 1.29 is 4.92 Å². The summed E-state index contributed by atoms with van der Waals surface area (Å²) in [6.07, 6.45) is 0.886. The summed E-state index contributed by atoms with van der Waals surface area (Å²) in [5.74, 6) is 0.187. The monoisotopic (exact) mass is 271 g/mol. The van der Waals surface area contributed by atoms with Gasteiger partial charge in [0.25, 0.3) is 5.69 Å². The molecule has 4 heteroatoms. The lowest BCUT2D eigenvalue weighted by atomic mass is 9.92. The maximum absolute atomic E-state index is 10.9. The fourth-order valence-corrected chi connectivity index (χ4v) is 2.42. The predicted molar refractivity (Wildman–Crippen MR) is 64.5 cm³/mol. The highest BCUT2D eigenvalue weighted by Crippen LogP contribution is 2.33. The van der Waals surface area contributed by atoms with Gasteiger partial charge in [-0.1, -0.05) is 48.0 Å².